The second-order valence-corrected chi connectivity index (χ2v) is 5.03. The molecular weight excluding hydrogens is 238 g/mol. The molecule has 0 spiro atoms. The molecule has 92 valence electrons. The highest BCUT2D eigenvalue weighted by atomic mass is 32.2. The monoisotopic (exact) mass is 253 g/mol. The molecule has 1 aliphatic heterocycles. The molecule has 17 heavy (non-hydrogen) atoms. The maximum Gasteiger partial charge on any atom is 0.337 e. The van der Waals surface area contributed by atoms with Crippen LogP contribution in [0.4, 0.5) is 5.69 Å². The van der Waals surface area contributed by atoms with Crippen LogP contribution >= 0.6 is 11.8 Å². The van der Waals surface area contributed by atoms with E-state index >= 15 is 0 Å². The number of hydrogen-bond acceptors (Lipinski definition) is 4. The Morgan fingerprint density at radius 3 is 3.06 bits per heavy atom. The summed E-state index contributed by atoms with van der Waals surface area (Å²) in [4.78, 5) is 11.7. The van der Waals surface area contributed by atoms with E-state index in [2.05, 4.69) is 0 Å². The highest BCUT2D eigenvalue weighted by Gasteiger charge is 2.17. The van der Waals surface area contributed by atoms with Gasteiger partial charge < -0.3 is 15.6 Å². The first-order valence-electron chi connectivity index (χ1n) is 5.54. The van der Waals surface area contributed by atoms with Crippen LogP contribution in [0.2, 0.25) is 0 Å². The van der Waals surface area contributed by atoms with Crippen molar-refractivity contribution < 1.29 is 14.6 Å². The number of ether oxygens (including phenoxy) is 1. The van der Waals surface area contributed by atoms with Crippen LogP contribution < -0.4 is 5.73 Å². The van der Waals surface area contributed by atoms with Gasteiger partial charge in [0, 0.05) is 17.3 Å². The quantitative estimate of drug-likeness (QED) is 0.636. The van der Waals surface area contributed by atoms with Crippen molar-refractivity contribution in [2.24, 2.45) is 0 Å². The summed E-state index contributed by atoms with van der Waals surface area (Å²) in [5.41, 5.74) is 6.35. The van der Waals surface area contributed by atoms with Crippen molar-refractivity contribution in [2.75, 3.05) is 18.1 Å². The summed E-state index contributed by atoms with van der Waals surface area (Å²) in [6.07, 6.45) is 2.45. The van der Waals surface area contributed by atoms with Gasteiger partial charge in [-0.2, -0.15) is 0 Å². The number of thioether (sulfide) groups is 1. The van der Waals surface area contributed by atoms with Gasteiger partial charge in [-0.05, 0) is 25.0 Å². The van der Waals surface area contributed by atoms with Gasteiger partial charge in [0.1, 0.15) is 0 Å². The highest BCUT2D eigenvalue weighted by molar-refractivity contribution is 7.99. The van der Waals surface area contributed by atoms with Crippen LogP contribution in [0.15, 0.2) is 23.1 Å². The molecule has 1 aromatic carbocycles. The number of nitrogen functional groups attached to an aromatic ring is 1. The van der Waals surface area contributed by atoms with Crippen molar-refractivity contribution in [3.63, 3.8) is 0 Å². The van der Waals surface area contributed by atoms with Crippen LogP contribution in [0.1, 0.15) is 23.2 Å². The SMILES string of the molecule is Nc1c(SCC2CCCO2)cccc1C(=O)O. The number of hydrogen-bond donors (Lipinski definition) is 2. The van der Waals surface area contributed by atoms with E-state index < -0.39 is 5.97 Å². The van der Waals surface area contributed by atoms with Gasteiger partial charge in [0.05, 0.1) is 17.4 Å². The lowest BCUT2D eigenvalue weighted by atomic mass is 10.2. The van der Waals surface area contributed by atoms with Gasteiger partial charge in [-0.1, -0.05) is 6.07 Å². The summed E-state index contributed by atoms with van der Waals surface area (Å²) in [6, 6.07) is 5.09. The molecule has 0 aromatic heterocycles. The first-order valence-corrected chi connectivity index (χ1v) is 6.53. The van der Waals surface area contributed by atoms with Crippen molar-refractivity contribution in [1.82, 2.24) is 0 Å². The zero-order valence-electron chi connectivity index (χ0n) is 9.39. The summed E-state index contributed by atoms with van der Waals surface area (Å²) in [6.45, 7) is 0.829. The number of rotatable bonds is 4. The Morgan fingerprint density at radius 1 is 1.59 bits per heavy atom. The van der Waals surface area contributed by atoms with Gasteiger partial charge >= 0.3 is 5.97 Å². The number of benzene rings is 1. The summed E-state index contributed by atoms with van der Waals surface area (Å²) in [5, 5.41) is 8.96. The Hall–Kier alpha value is -1.20. The summed E-state index contributed by atoms with van der Waals surface area (Å²) in [5.74, 6) is -0.158. The smallest absolute Gasteiger partial charge is 0.337 e. The number of para-hydroxylation sites is 1. The van der Waals surface area contributed by atoms with Crippen LogP contribution in [0.5, 0.6) is 0 Å². The van der Waals surface area contributed by atoms with Gasteiger partial charge in [-0.25, -0.2) is 4.79 Å². The van der Waals surface area contributed by atoms with E-state index in [0.717, 1.165) is 30.1 Å². The third kappa shape index (κ3) is 2.92. The number of carboxylic acids is 1. The fourth-order valence-electron chi connectivity index (χ4n) is 1.81. The lowest BCUT2D eigenvalue weighted by Gasteiger charge is -2.11. The standard InChI is InChI=1S/C12H15NO3S/c13-11-9(12(14)15)4-1-5-10(11)17-7-8-3-2-6-16-8/h1,4-5,8H,2-3,6-7,13H2,(H,14,15). The van der Waals surface area contributed by atoms with Crippen LogP contribution in [0.25, 0.3) is 0 Å². The second kappa shape index (κ2) is 5.42. The van der Waals surface area contributed by atoms with Gasteiger partial charge in [-0.15, -0.1) is 11.8 Å². The average Bonchev–Trinajstić information content (AvgIpc) is 2.80. The first-order chi connectivity index (χ1) is 8.18. The molecule has 0 radical (unpaired) electrons. The van der Waals surface area contributed by atoms with Crippen molar-refractivity contribution in [1.29, 1.82) is 0 Å². The summed E-state index contributed by atoms with van der Waals surface area (Å²) < 4.78 is 5.51. The molecule has 0 aliphatic carbocycles. The Bertz CT molecular complexity index is 416. The molecule has 1 aliphatic rings. The van der Waals surface area contributed by atoms with Crippen molar-refractivity contribution in [3.05, 3.63) is 23.8 Å². The lowest BCUT2D eigenvalue weighted by molar-refractivity contribution is 0.0698. The average molecular weight is 253 g/mol. The topological polar surface area (TPSA) is 72.5 Å². The van der Waals surface area contributed by atoms with Gasteiger partial charge in [0.2, 0.25) is 0 Å². The van der Waals surface area contributed by atoms with Crippen LogP contribution in [-0.2, 0) is 4.74 Å². The Labute approximate surface area is 104 Å². The van der Waals surface area contributed by atoms with E-state index in [9.17, 15) is 4.79 Å². The maximum absolute atomic E-state index is 10.9. The minimum atomic E-state index is -0.984. The van der Waals surface area contributed by atoms with E-state index in [1.807, 2.05) is 6.07 Å². The van der Waals surface area contributed by atoms with Crippen molar-refractivity contribution >= 4 is 23.4 Å². The Kier molecular flexibility index (Phi) is 3.91. The number of carboxylic acid groups (broad SMARTS) is 1. The van der Waals surface area contributed by atoms with E-state index in [1.165, 1.54) is 6.07 Å². The fourth-order valence-corrected chi connectivity index (χ4v) is 2.88. The first kappa shape index (κ1) is 12.3. The van der Waals surface area contributed by atoms with Gasteiger partial charge in [-0.3, -0.25) is 0 Å². The molecule has 3 N–H and O–H groups in total. The predicted molar refractivity (Wildman–Crippen MR) is 67.5 cm³/mol. The van der Waals surface area contributed by atoms with Crippen LogP contribution in [0, 0.1) is 0 Å². The molecule has 5 heteroatoms. The molecule has 1 atom stereocenters. The molecule has 0 saturated carbocycles. The molecular formula is C12H15NO3S. The molecule has 4 nitrogen and oxygen atoms in total. The second-order valence-electron chi connectivity index (χ2n) is 3.97. The number of anilines is 1. The third-order valence-electron chi connectivity index (χ3n) is 2.75. The molecule has 1 unspecified atom stereocenters. The Balaban J connectivity index is 2.04. The van der Waals surface area contributed by atoms with Crippen molar-refractivity contribution in [2.45, 2.75) is 23.8 Å². The summed E-state index contributed by atoms with van der Waals surface area (Å²) in [7, 11) is 0. The van der Waals surface area contributed by atoms with E-state index in [0.29, 0.717) is 5.69 Å². The third-order valence-corrected chi connectivity index (χ3v) is 3.95. The molecule has 2 rings (SSSR count). The zero-order valence-corrected chi connectivity index (χ0v) is 10.2. The molecule has 0 bridgehead atoms. The van der Waals surface area contributed by atoms with E-state index in [-0.39, 0.29) is 11.7 Å². The lowest BCUT2D eigenvalue weighted by Crippen LogP contribution is -2.09. The Morgan fingerprint density at radius 2 is 2.41 bits per heavy atom. The minimum Gasteiger partial charge on any atom is -0.478 e. The number of carbonyl (C=O) groups is 1. The molecule has 0 amide bonds. The molecule has 1 saturated heterocycles. The number of aromatic carboxylic acids is 1. The van der Waals surface area contributed by atoms with Crippen LogP contribution in [-0.4, -0.2) is 29.5 Å². The van der Waals surface area contributed by atoms with E-state index in [4.69, 9.17) is 15.6 Å². The molecule has 1 aromatic rings. The normalized spacial score (nSPS) is 19.4. The van der Waals surface area contributed by atoms with Gasteiger partial charge in [0.15, 0.2) is 0 Å². The van der Waals surface area contributed by atoms with Gasteiger partial charge in [0.25, 0.3) is 0 Å². The largest absolute Gasteiger partial charge is 0.478 e. The van der Waals surface area contributed by atoms with E-state index in [1.54, 1.807) is 17.8 Å². The number of nitrogens with two attached hydrogens (primary N) is 1. The van der Waals surface area contributed by atoms with Crippen LogP contribution in [0.3, 0.4) is 0 Å². The molecule has 1 heterocycles. The fraction of sp³-hybridized carbons (Fsp3) is 0.417. The molecule has 1 fully saturated rings. The zero-order chi connectivity index (χ0) is 12.3. The van der Waals surface area contributed by atoms with Crippen molar-refractivity contribution in [3.8, 4) is 0 Å². The minimum absolute atomic E-state index is 0.169. The highest BCUT2D eigenvalue weighted by Crippen LogP contribution is 2.30. The predicted octanol–water partition coefficient (Wildman–Crippen LogP) is 2.24. The summed E-state index contributed by atoms with van der Waals surface area (Å²) >= 11 is 1.56. The maximum atomic E-state index is 10.9.